The first-order valence-corrected chi connectivity index (χ1v) is 5.69. The standard InChI is InChI=1S/C13H15N3O/c1-9-11(17-3)5-4-10-12(9)13-15(2)6-7-16(13)8-14-10/h4-7H,8H2,1-3H3/p+1. The Morgan fingerprint density at radius 3 is 3.00 bits per heavy atom. The molecule has 0 unspecified atom stereocenters. The normalized spacial score (nSPS) is 12.6. The maximum absolute atomic E-state index is 5.40. The van der Waals surface area contributed by atoms with Crippen molar-refractivity contribution in [1.29, 1.82) is 0 Å². The lowest BCUT2D eigenvalue weighted by Crippen LogP contribution is -2.32. The fraction of sp³-hybridized carbons (Fsp3) is 0.308. The van der Waals surface area contributed by atoms with Crippen molar-refractivity contribution >= 4 is 5.69 Å². The van der Waals surface area contributed by atoms with E-state index >= 15 is 0 Å². The molecule has 1 N–H and O–H groups in total. The average Bonchev–Trinajstić information content (AvgIpc) is 2.72. The van der Waals surface area contributed by atoms with E-state index in [-0.39, 0.29) is 0 Å². The van der Waals surface area contributed by atoms with Crippen molar-refractivity contribution in [2.24, 2.45) is 7.05 Å². The van der Waals surface area contributed by atoms with Gasteiger partial charge in [0.25, 0.3) is 5.82 Å². The topological polar surface area (TPSA) is 30.1 Å². The van der Waals surface area contributed by atoms with Gasteiger partial charge >= 0.3 is 0 Å². The summed E-state index contributed by atoms with van der Waals surface area (Å²) in [6, 6.07) is 4.09. The number of aryl methyl sites for hydroxylation is 1. The third-order valence-electron chi connectivity index (χ3n) is 3.38. The predicted octanol–water partition coefficient (Wildman–Crippen LogP) is 1.68. The van der Waals surface area contributed by atoms with Crippen molar-refractivity contribution < 1.29 is 9.30 Å². The van der Waals surface area contributed by atoms with Crippen LogP contribution in [-0.4, -0.2) is 11.7 Å². The zero-order valence-electron chi connectivity index (χ0n) is 10.3. The number of imidazole rings is 1. The summed E-state index contributed by atoms with van der Waals surface area (Å²) in [6.07, 6.45) is 4.16. The van der Waals surface area contributed by atoms with Gasteiger partial charge in [0.1, 0.15) is 18.1 Å². The second-order valence-electron chi connectivity index (χ2n) is 4.35. The first-order chi connectivity index (χ1) is 8.22. The Balaban J connectivity index is 2.32. The number of fused-ring (bicyclic) bond motifs is 3. The van der Waals surface area contributed by atoms with E-state index in [1.165, 1.54) is 22.6 Å². The van der Waals surface area contributed by atoms with E-state index in [9.17, 15) is 0 Å². The third kappa shape index (κ3) is 1.33. The van der Waals surface area contributed by atoms with Gasteiger partial charge in [0.15, 0.2) is 6.67 Å². The summed E-state index contributed by atoms with van der Waals surface area (Å²) in [4.78, 5) is 0. The van der Waals surface area contributed by atoms with E-state index in [1.54, 1.807) is 7.11 Å². The maximum Gasteiger partial charge on any atom is 0.292 e. The van der Waals surface area contributed by atoms with Gasteiger partial charge in [0, 0.05) is 5.56 Å². The predicted molar refractivity (Wildman–Crippen MR) is 66.0 cm³/mol. The Hall–Kier alpha value is -1.97. The Morgan fingerprint density at radius 1 is 1.41 bits per heavy atom. The van der Waals surface area contributed by atoms with E-state index in [0.717, 1.165) is 12.4 Å². The van der Waals surface area contributed by atoms with Crippen LogP contribution in [0.5, 0.6) is 5.75 Å². The van der Waals surface area contributed by atoms with Crippen LogP contribution in [0.15, 0.2) is 24.5 Å². The van der Waals surface area contributed by atoms with Gasteiger partial charge in [-0.25, -0.2) is 9.13 Å². The van der Waals surface area contributed by atoms with Crippen LogP contribution in [0.25, 0.3) is 11.4 Å². The van der Waals surface area contributed by atoms with Crippen molar-refractivity contribution in [3.8, 4) is 17.1 Å². The molecule has 88 valence electrons. The summed E-state index contributed by atoms with van der Waals surface area (Å²) in [5.41, 5.74) is 3.57. The number of ether oxygens (including phenoxy) is 1. The molecule has 1 aromatic heterocycles. The molecule has 4 nitrogen and oxygen atoms in total. The number of benzene rings is 1. The van der Waals surface area contributed by atoms with Crippen LogP contribution in [0, 0.1) is 6.92 Å². The lowest BCUT2D eigenvalue weighted by Gasteiger charge is -2.19. The first-order valence-electron chi connectivity index (χ1n) is 5.69. The van der Waals surface area contributed by atoms with Gasteiger partial charge in [0.05, 0.1) is 25.4 Å². The molecule has 17 heavy (non-hydrogen) atoms. The number of aromatic nitrogens is 2. The number of hydrogen-bond acceptors (Lipinski definition) is 2. The van der Waals surface area contributed by atoms with Gasteiger partial charge in [-0.2, -0.15) is 0 Å². The minimum absolute atomic E-state index is 0.814. The number of nitrogens with zero attached hydrogens (tertiary/aromatic N) is 2. The van der Waals surface area contributed by atoms with Crippen LogP contribution in [0.3, 0.4) is 0 Å². The van der Waals surface area contributed by atoms with Gasteiger partial charge in [-0.3, -0.25) is 0 Å². The van der Waals surface area contributed by atoms with Crippen molar-refractivity contribution in [3.05, 3.63) is 30.1 Å². The lowest BCUT2D eigenvalue weighted by molar-refractivity contribution is -0.659. The highest BCUT2D eigenvalue weighted by molar-refractivity contribution is 5.79. The molecule has 0 bridgehead atoms. The van der Waals surface area contributed by atoms with Gasteiger partial charge in [-0.15, -0.1) is 0 Å². The van der Waals surface area contributed by atoms with Crippen LogP contribution in [0.4, 0.5) is 5.69 Å². The first kappa shape index (κ1) is 10.2. The van der Waals surface area contributed by atoms with E-state index in [0.29, 0.717) is 0 Å². The molecule has 0 atom stereocenters. The molecule has 3 rings (SSSR count). The number of nitrogens with one attached hydrogen (secondary N) is 1. The molecular weight excluding hydrogens is 214 g/mol. The van der Waals surface area contributed by atoms with E-state index in [2.05, 4.69) is 46.9 Å². The van der Waals surface area contributed by atoms with Crippen LogP contribution in [0.2, 0.25) is 0 Å². The summed E-state index contributed by atoms with van der Waals surface area (Å²) in [7, 11) is 3.78. The summed E-state index contributed by atoms with van der Waals surface area (Å²) in [5.74, 6) is 2.15. The van der Waals surface area contributed by atoms with E-state index in [1.807, 2.05) is 6.07 Å². The molecule has 0 spiro atoms. The van der Waals surface area contributed by atoms with Crippen LogP contribution in [0.1, 0.15) is 5.56 Å². The third-order valence-corrected chi connectivity index (χ3v) is 3.38. The molecular formula is C13H16N3O+. The van der Waals surface area contributed by atoms with Gasteiger partial charge in [-0.1, -0.05) is 0 Å². The number of methoxy groups -OCH3 is 1. The van der Waals surface area contributed by atoms with Crippen LogP contribution < -0.4 is 14.6 Å². The quantitative estimate of drug-likeness (QED) is 0.755. The van der Waals surface area contributed by atoms with Crippen molar-refractivity contribution in [2.45, 2.75) is 13.6 Å². The highest BCUT2D eigenvalue weighted by Crippen LogP contribution is 2.37. The molecule has 0 fully saturated rings. The zero-order chi connectivity index (χ0) is 12.0. The molecule has 0 amide bonds. The fourth-order valence-electron chi connectivity index (χ4n) is 2.49. The lowest BCUT2D eigenvalue weighted by atomic mass is 10.0. The van der Waals surface area contributed by atoms with Crippen molar-refractivity contribution in [3.63, 3.8) is 0 Å². The molecule has 0 radical (unpaired) electrons. The highest BCUT2D eigenvalue weighted by atomic mass is 16.5. The Labute approximate surface area is 100 Å². The molecule has 1 aromatic carbocycles. The molecule has 0 aliphatic carbocycles. The summed E-state index contributed by atoms with van der Waals surface area (Å²) < 4.78 is 9.74. The summed E-state index contributed by atoms with van der Waals surface area (Å²) >= 11 is 0. The molecule has 2 aromatic rings. The highest BCUT2D eigenvalue weighted by Gasteiger charge is 2.27. The van der Waals surface area contributed by atoms with Crippen LogP contribution in [-0.2, 0) is 13.7 Å². The smallest absolute Gasteiger partial charge is 0.292 e. The summed E-state index contributed by atoms with van der Waals surface area (Å²) in [5, 5.41) is 3.42. The molecule has 2 heterocycles. The molecule has 0 saturated heterocycles. The van der Waals surface area contributed by atoms with E-state index in [4.69, 9.17) is 4.74 Å². The fourth-order valence-corrected chi connectivity index (χ4v) is 2.49. The monoisotopic (exact) mass is 230 g/mol. The van der Waals surface area contributed by atoms with Crippen LogP contribution >= 0.6 is 0 Å². The maximum atomic E-state index is 5.40. The minimum atomic E-state index is 0.814. The molecule has 4 heteroatoms. The largest absolute Gasteiger partial charge is 0.496 e. The second-order valence-corrected chi connectivity index (χ2v) is 4.35. The second kappa shape index (κ2) is 3.52. The summed E-state index contributed by atoms with van der Waals surface area (Å²) in [6.45, 7) is 2.91. The average molecular weight is 230 g/mol. The molecule has 1 aliphatic rings. The Kier molecular flexibility index (Phi) is 2.11. The zero-order valence-corrected chi connectivity index (χ0v) is 10.3. The number of anilines is 1. The molecule has 1 aliphatic heterocycles. The molecule has 0 saturated carbocycles. The van der Waals surface area contributed by atoms with Crippen molar-refractivity contribution in [1.82, 2.24) is 4.57 Å². The Morgan fingerprint density at radius 2 is 2.24 bits per heavy atom. The Bertz CT molecular complexity index is 587. The van der Waals surface area contributed by atoms with Crippen molar-refractivity contribution in [2.75, 3.05) is 12.4 Å². The van der Waals surface area contributed by atoms with Gasteiger partial charge in [0.2, 0.25) is 0 Å². The van der Waals surface area contributed by atoms with Gasteiger partial charge in [-0.05, 0) is 19.1 Å². The number of hydrogen-bond donors (Lipinski definition) is 1. The SMILES string of the molecule is COc1ccc2c(c1C)-c1n(cc[n+]1C)CN2. The minimum Gasteiger partial charge on any atom is -0.496 e. The van der Waals surface area contributed by atoms with Gasteiger partial charge < -0.3 is 10.1 Å². The van der Waals surface area contributed by atoms with E-state index < -0.39 is 0 Å². The number of rotatable bonds is 1.